The molecule has 0 spiro atoms. The number of carbonyl (C=O) groups is 4. The Kier molecular flexibility index (Phi) is 5.39. The Balaban J connectivity index is 1.22. The summed E-state index contributed by atoms with van der Waals surface area (Å²) < 4.78 is 10.3. The third-order valence-corrected chi connectivity index (χ3v) is 5.47. The number of anilines is 1. The number of amides is 3. The molecule has 4 aromatic rings. The Labute approximate surface area is 193 Å². The summed E-state index contributed by atoms with van der Waals surface area (Å²) in [5.74, 6) is -1.81. The van der Waals surface area contributed by atoms with E-state index in [1.807, 2.05) is 36.4 Å². The van der Waals surface area contributed by atoms with Gasteiger partial charge in [0, 0.05) is 5.69 Å². The lowest BCUT2D eigenvalue weighted by atomic mass is 10.1. The van der Waals surface area contributed by atoms with E-state index >= 15 is 0 Å². The summed E-state index contributed by atoms with van der Waals surface area (Å²) in [6, 6.07) is 20.6. The van der Waals surface area contributed by atoms with Gasteiger partial charge in [0.15, 0.2) is 6.61 Å². The van der Waals surface area contributed by atoms with E-state index in [1.54, 1.807) is 18.2 Å². The normalized spacial score (nSPS) is 12.6. The molecule has 168 valence electrons. The highest BCUT2D eigenvalue weighted by Gasteiger charge is 2.36. The van der Waals surface area contributed by atoms with Gasteiger partial charge in [-0.05, 0) is 53.2 Å². The van der Waals surface area contributed by atoms with Gasteiger partial charge in [0.25, 0.3) is 17.7 Å². The Morgan fingerprint density at radius 1 is 0.853 bits per heavy atom. The van der Waals surface area contributed by atoms with E-state index in [9.17, 15) is 19.2 Å². The van der Waals surface area contributed by atoms with E-state index in [2.05, 4.69) is 5.32 Å². The maximum atomic E-state index is 12.7. The van der Waals surface area contributed by atoms with E-state index in [1.165, 1.54) is 24.5 Å². The number of hydrogen-bond donors (Lipinski definition) is 1. The highest BCUT2D eigenvalue weighted by molar-refractivity contribution is 6.21. The lowest BCUT2D eigenvalue weighted by Crippen LogP contribution is -2.28. The first-order valence-electron chi connectivity index (χ1n) is 10.5. The van der Waals surface area contributed by atoms with Gasteiger partial charge in [-0.3, -0.25) is 19.3 Å². The topological polar surface area (TPSA) is 106 Å². The number of benzene rings is 3. The molecule has 0 atom stereocenters. The molecule has 1 aliphatic rings. The van der Waals surface area contributed by atoms with Gasteiger partial charge in [-0.15, -0.1) is 0 Å². The average molecular weight is 454 g/mol. The molecular weight excluding hydrogens is 436 g/mol. The standard InChI is InChI=1S/C26H18N2O6/c29-23(27-19-9-7-16-4-1-2-5-17(16)12-19)15-34-26(32)18-8-10-21-22(13-18)25(31)28(24(21)30)14-20-6-3-11-33-20/h1-13H,14-15H2,(H,27,29). The highest BCUT2D eigenvalue weighted by atomic mass is 16.5. The van der Waals surface area contributed by atoms with Crippen molar-refractivity contribution in [3.8, 4) is 0 Å². The fraction of sp³-hybridized carbons (Fsp3) is 0.0769. The fourth-order valence-electron chi connectivity index (χ4n) is 3.80. The summed E-state index contributed by atoms with van der Waals surface area (Å²) in [7, 11) is 0. The van der Waals surface area contributed by atoms with E-state index in [-0.39, 0.29) is 23.2 Å². The molecule has 0 saturated heterocycles. The van der Waals surface area contributed by atoms with E-state index in [4.69, 9.17) is 9.15 Å². The van der Waals surface area contributed by atoms with Crippen LogP contribution in [0.15, 0.2) is 83.5 Å². The third-order valence-electron chi connectivity index (χ3n) is 5.47. The van der Waals surface area contributed by atoms with Crippen molar-refractivity contribution >= 4 is 40.2 Å². The molecule has 2 heterocycles. The molecular formula is C26H18N2O6. The second-order valence-electron chi connectivity index (χ2n) is 7.72. The van der Waals surface area contributed by atoms with Crippen LogP contribution < -0.4 is 5.32 Å². The summed E-state index contributed by atoms with van der Waals surface area (Å²) >= 11 is 0. The van der Waals surface area contributed by atoms with Gasteiger partial charge < -0.3 is 14.5 Å². The molecule has 3 amide bonds. The molecule has 0 unspecified atom stereocenters. The number of carbonyl (C=O) groups excluding carboxylic acids is 4. The molecule has 1 N–H and O–H groups in total. The SMILES string of the molecule is O=C(COC(=O)c1ccc2c(c1)C(=O)N(Cc1ccco1)C2=O)Nc1ccc2ccccc2c1. The van der Waals surface area contributed by atoms with Crippen molar-refractivity contribution in [2.45, 2.75) is 6.54 Å². The number of ether oxygens (including phenoxy) is 1. The number of imide groups is 1. The van der Waals surface area contributed by atoms with Gasteiger partial charge in [-0.2, -0.15) is 0 Å². The minimum atomic E-state index is -0.777. The number of nitrogens with one attached hydrogen (secondary N) is 1. The first kappa shape index (κ1) is 21.1. The molecule has 0 radical (unpaired) electrons. The monoisotopic (exact) mass is 454 g/mol. The Morgan fingerprint density at radius 3 is 2.44 bits per heavy atom. The molecule has 0 fully saturated rings. The Hall–Kier alpha value is -4.72. The lowest BCUT2D eigenvalue weighted by molar-refractivity contribution is -0.119. The predicted octanol–water partition coefficient (Wildman–Crippen LogP) is 4.02. The molecule has 5 rings (SSSR count). The van der Waals surface area contributed by atoms with Crippen molar-refractivity contribution in [2.75, 3.05) is 11.9 Å². The van der Waals surface area contributed by atoms with E-state index in [0.717, 1.165) is 15.7 Å². The van der Waals surface area contributed by atoms with E-state index in [0.29, 0.717) is 11.4 Å². The van der Waals surface area contributed by atoms with Gasteiger partial charge in [0.2, 0.25) is 0 Å². The highest BCUT2D eigenvalue weighted by Crippen LogP contribution is 2.26. The largest absolute Gasteiger partial charge is 0.467 e. The van der Waals surface area contributed by atoms with Crippen LogP contribution in [0.4, 0.5) is 5.69 Å². The van der Waals surface area contributed by atoms with Gasteiger partial charge in [-0.25, -0.2) is 4.79 Å². The fourth-order valence-corrected chi connectivity index (χ4v) is 3.80. The second-order valence-corrected chi connectivity index (χ2v) is 7.72. The summed E-state index contributed by atoms with van der Waals surface area (Å²) in [5, 5.41) is 4.70. The van der Waals surface area contributed by atoms with Crippen LogP contribution in [-0.2, 0) is 16.1 Å². The molecule has 0 bridgehead atoms. The number of fused-ring (bicyclic) bond motifs is 2. The van der Waals surface area contributed by atoms with Crippen LogP contribution >= 0.6 is 0 Å². The van der Waals surface area contributed by atoms with Gasteiger partial charge >= 0.3 is 5.97 Å². The van der Waals surface area contributed by atoms with Crippen molar-refractivity contribution in [1.82, 2.24) is 4.90 Å². The number of hydrogen-bond acceptors (Lipinski definition) is 6. The van der Waals surface area contributed by atoms with Gasteiger partial charge in [0.05, 0.1) is 29.5 Å². The predicted molar refractivity (Wildman–Crippen MR) is 122 cm³/mol. The molecule has 3 aromatic carbocycles. The molecule has 34 heavy (non-hydrogen) atoms. The zero-order chi connectivity index (χ0) is 23.7. The number of esters is 1. The second kappa shape index (κ2) is 8.67. The number of nitrogens with zero attached hydrogens (tertiary/aromatic N) is 1. The van der Waals surface area contributed by atoms with Crippen LogP contribution in [0.3, 0.4) is 0 Å². The molecule has 0 aliphatic carbocycles. The average Bonchev–Trinajstić information content (AvgIpc) is 3.45. The molecule has 1 aliphatic heterocycles. The molecule has 1 aromatic heterocycles. The zero-order valence-electron chi connectivity index (χ0n) is 17.8. The van der Waals surface area contributed by atoms with Crippen LogP contribution in [0.25, 0.3) is 10.8 Å². The van der Waals surface area contributed by atoms with Crippen LogP contribution in [0.5, 0.6) is 0 Å². The van der Waals surface area contributed by atoms with Crippen molar-refractivity contribution in [3.63, 3.8) is 0 Å². The van der Waals surface area contributed by atoms with Gasteiger partial charge in [-0.1, -0.05) is 30.3 Å². The van der Waals surface area contributed by atoms with Crippen LogP contribution in [-0.4, -0.2) is 35.2 Å². The Morgan fingerprint density at radius 2 is 1.65 bits per heavy atom. The summed E-state index contributed by atoms with van der Waals surface area (Å²) in [6.07, 6.45) is 1.46. The minimum Gasteiger partial charge on any atom is -0.467 e. The minimum absolute atomic E-state index is 0.00588. The quantitative estimate of drug-likeness (QED) is 0.348. The first-order chi connectivity index (χ1) is 16.5. The van der Waals surface area contributed by atoms with Crippen molar-refractivity contribution < 1.29 is 28.3 Å². The smallest absolute Gasteiger partial charge is 0.338 e. The van der Waals surface area contributed by atoms with Gasteiger partial charge in [0.1, 0.15) is 5.76 Å². The van der Waals surface area contributed by atoms with Crippen molar-refractivity contribution in [2.24, 2.45) is 0 Å². The maximum Gasteiger partial charge on any atom is 0.338 e. The van der Waals surface area contributed by atoms with Crippen molar-refractivity contribution in [3.05, 3.63) is 102 Å². The summed E-state index contributed by atoms with van der Waals surface area (Å²) in [4.78, 5) is 51.1. The maximum absolute atomic E-state index is 12.7. The number of furan rings is 1. The van der Waals surface area contributed by atoms with E-state index < -0.39 is 30.3 Å². The molecule has 8 nitrogen and oxygen atoms in total. The number of rotatable bonds is 6. The molecule has 8 heteroatoms. The van der Waals surface area contributed by atoms with Crippen LogP contribution in [0, 0.1) is 0 Å². The van der Waals surface area contributed by atoms with Crippen LogP contribution in [0.1, 0.15) is 36.8 Å². The summed E-state index contributed by atoms with van der Waals surface area (Å²) in [6.45, 7) is -0.506. The van der Waals surface area contributed by atoms with Crippen LogP contribution in [0.2, 0.25) is 0 Å². The lowest BCUT2D eigenvalue weighted by Gasteiger charge is -2.11. The van der Waals surface area contributed by atoms with Crippen molar-refractivity contribution in [1.29, 1.82) is 0 Å². The molecule has 0 saturated carbocycles. The zero-order valence-corrected chi connectivity index (χ0v) is 17.8. The first-order valence-corrected chi connectivity index (χ1v) is 10.5. The summed E-state index contributed by atoms with van der Waals surface area (Å²) in [5.41, 5.74) is 0.949. The Bertz CT molecular complexity index is 1440. The third kappa shape index (κ3) is 4.04.